The summed E-state index contributed by atoms with van der Waals surface area (Å²) in [6.45, 7) is 4.14. The fourth-order valence-electron chi connectivity index (χ4n) is 2.42. The monoisotopic (exact) mass is 355 g/mol. The Kier molecular flexibility index (Phi) is 4.49. The van der Waals surface area contributed by atoms with Crippen molar-refractivity contribution < 1.29 is 13.2 Å². The van der Waals surface area contributed by atoms with Crippen LogP contribution in [0.2, 0.25) is 0 Å². The van der Waals surface area contributed by atoms with Crippen LogP contribution < -0.4 is 10.0 Å². The molecule has 0 bridgehead atoms. The Morgan fingerprint density at radius 1 is 1.20 bits per heavy atom. The van der Waals surface area contributed by atoms with Gasteiger partial charge in [0.15, 0.2) is 6.73 Å². The van der Waals surface area contributed by atoms with Gasteiger partial charge in [-0.05, 0) is 50.1 Å². The molecule has 1 aromatic carbocycles. The van der Waals surface area contributed by atoms with E-state index in [-0.39, 0.29) is 4.90 Å². The van der Waals surface area contributed by atoms with Crippen molar-refractivity contribution in [2.45, 2.75) is 18.7 Å². The first kappa shape index (κ1) is 17.0. The molecule has 1 aliphatic heterocycles. The van der Waals surface area contributed by atoms with Gasteiger partial charge in [-0.1, -0.05) is 12.0 Å². The van der Waals surface area contributed by atoms with E-state index in [9.17, 15) is 8.42 Å². The first-order valence-corrected chi connectivity index (χ1v) is 9.08. The molecule has 0 saturated heterocycles. The number of anilines is 1. The van der Waals surface area contributed by atoms with Crippen LogP contribution in [0.1, 0.15) is 18.2 Å². The highest BCUT2D eigenvalue weighted by molar-refractivity contribution is 7.89. The van der Waals surface area contributed by atoms with Gasteiger partial charge in [0, 0.05) is 23.1 Å². The molecule has 1 aromatic heterocycles. The summed E-state index contributed by atoms with van der Waals surface area (Å²) >= 11 is 0. The molecule has 0 amide bonds. The van der Waals surface area contributed by atoms with E-state index >= 15 is 0 Å². The van der Waals surface area contributed by atoms with Crippen molar-refractivity contribution in [3.63, 3.8) is 0 Å². The molecule has 2 heterocycles. The lowest BCUT2D eigenvalue weighted by Crippen LogP contribution is -2.18. The summed E-state index contributed by atoms with van der Waals surface area (Å²) < 4.78 is 28.5. The quantitative estimate of drug-likeness (QED) is 0.834. The molecule has 0 atom stereocenters. The molecule has 1 aliphatic rings. The largest absolute Gasteiger partial charge is 0.474 e. The number of nitrogens with two attached hydrogens (primary N) is 1. The molecule has 0 spiro atoms. The van der Waals surface area contributed by atoms with Crippen LogP contribution in [-0.4, -0.2) is 20.1 Å². The Balaban J connectivity index is 1.94. The fraction of sp³-hybridized carbons (Fsp3) is 0.167. The van der Waals surface area contributed by atoms with Gasteiger partial charge in [-0.25, -0.2) is 13.6 Å². The second-order valence-electron chi connectivity index (χ2n) is 5.58. The van der Waals surface area contributed by atoms with Gasteiger partial charge in [-0.3, -0.25) is 9.88 Å². The summed E-state index contributed by atoms with van der Waals surface area (Å²) in [5.41, 5.74) is 3.12. The molecule has 0 unspecified atom stereocenters. The maximum atomic E-state index is 11.5. The third kappa shape index (κ3) is 3.82. The number of hydrogen-bond donors (Lipinski definition) is 1. The average molecular weight is 355 g/mol. The van der Waals surface area contributed by atoms with E-state index < -0.39 is 10.0 Å². The van der Waals surface area contributed by atoms with Crippen LogP contribution in [-0.2, 0) is 14.8 Å². The molecule has 0 aliphatic carbocycles. The lowest BCUT2D eigenvalue weighted by Gasteiger charge is -2.16. The molecule has 128 valence electrons. The second-order valence-corrected chi connectivity index (χ2v) is 7.15. The van der Waals surface area contributed by atoms with E-state index in [4.69, 9.17) is 9.88 Å². The Morgan fingerprint density at radius 3 is 2.72 bits per heavy atom. The molecule has 3 rings (SSSR count). The van der Waals surface area contributed by atoms with Crippen molar-refractivity contribution in [1.29, 1.82) is 0 Å². The average Bonchev–Trinajstić information content (AvgIpc) is 2.93. The first-order chi connectivity index (χ1) is 11.8. The Bertz CT molecular complexity index is 1020. The summed E-state index contributed by atoms with van der Waals surface area (Å²) in [6, 6.07) is 10.1. The summed E-state index contributed by atoms with van der Waals surface area (Å²) in [4.78, 5) is 6.17. The van der Waals surface area contributed by atoms with Crippen molar-refractivity contribution in [2.24, 2.45) is 5.14 Å². The molecule has 25 heavy (non-hydrogen) atoms. The van der Waals surface area contributed by atoms with Crippen LogP contribution in [0.25, 0.3) is 0 Å². The highest BCUT2D eigenvalue weighted by Gasteiger charge is 2.21. The molecule has 7 heteroatoms. The van der Waals surface area contributed by atoms with E-state index in [2.05, 4.69) is 16.8 Å². The van der Waals surface area contributed by atoms with E-state index in [1.54, 1.807) is 18.3 Å². The maximum absolute atomic E-state index is 11.5. The minimum atomic E-state index is -3.75. The summed E-state index contributed by atoms with van der Waals surface area (Å²) in [5.74, 6) is 6.76. The standard InChI is InChI=1S/C18H17N3O3S/c1-13-10-16(8-9-20-13)21-12-24-14(2)18(21)7-6-15-4-3-5-17(11-15)25(19,22)23/h3-5,8-11H,12H2,1-2H3,(H2,19,22,23). The zero-order valence-corrected chi connectivity index (χ0v) is 14.7. The smallest absolute Gasteiger partial charge is 0.238 e. The van der Waals surface area contributed by atoms with E-state index in [0.29, 0.717) is 18.1 Å². The summed E-state index contributed by atoms with van der Waals surface area (Å²) in [5, 5.41) is 5.16. The van der Waals surface area contributed by atoms with Crippen LogP contribution in [0.3, 0.4) is 0 Å². The second kappa shape index (κ2) is 6.59. The molecule has 6 nitrogen and oxygen atoms in total. The number of ether oxygens (including phenoxy) is 1. The van der Waals surface area contributed by atoms with Crippen molar-refractivity contribution in [2.75, 3.05) is 11.6 Å². The van der Waals surface area contributed by atoms with Crippen molar-refractivity contribution in [1.82, 2.24) is 4.98 Å². The van der Waals surface area contributed by atoms with Crippen LogP contribution in [0.4, 0.5) is 5.69 Å². The van der Waals surface area contributed by atoms with Gasteiger partial charge >= 0.3 is 0 Å². The maximum Gasteiger partial charge on any atom is 0.238 e. The van der Waals surface area contributed by atoms with Gasteiger partial charge in [0.05, 0.1) is 4.90 Å². The van der Waals surface area contributed by atoms with Gasteiger partial charge in [0.2, 0.25) is 10.0 Å². The SMILES string of the molecule is CC1=C(C#Cc2cccc(S(N)(=O)=O)c2)N(c2ccnc(C)c2)CO1. The van der Waals surface area contributed by atoms with Gasteiger partial charge in [-0.2, -0.15) is 0 Å². The number of aryl methyl sites for hydroxylation is 1. The molecule has 0 saturated carbocycles. The Hall–Kier alpha value is -2.82. The summed E-state index contributed by atoms with van der Waals surface area (Å²) in [7, 11) is -3.75. The first-order valence-electron chi connectivity index (χ1n) is 7.53. The lowest BCUT2D eigenvalue weighted by molar-refractivity contribution is 0.247. The van der Waals surface area contributed by atoms with E-state index in [1.165, 1.54) is 12.1 Å². The zero-order chi connectivity index (χ0) is 18.0. The summed E-state index contributed by atoms with van der Waals surface area (Å²) in [6.07, 6.45) is 1.74. The topological polar surface area (TPSA) is 85.5 Å². The molecule has 2 aromatic rings. The van der Waals surface area contributed by atoms with Crippen LogP contribution in [0.5, 0.6) is 0 Å². The van der Waals surface area contributed by atoms with Gasteiger partial charge < -0.3 is 4.74 Å². The van der Waals surface area contributed by atoms with Crippen LogP contribution in [0.15, 0.2) is 58.9 Å². The van der Waals surface area contributed by atoms with E-state index in [0.717, 1.165) is 17.1 Å². The van der Waals surface area contributed by atoms with Gasteiger partial charge in [0.1, 0.15) is 11.5 Å². The van der Waals surface area contributed by atoms with Crippen LogP contribution >= 0.6 is 0 Å². The highest BCUT2D eigenvalue weighted by Crippen LogP contribution is 2.27. The van der Waals surface area contributed by atoms with Gasteiger partial charge in [0.25, 0.3) is 0 Å². The number of primary sulfonamides is 1. The number of allylic oxidation sites excluding steroid dienone is 2. The predicted octanol–water partition coefficient (Wildman–Crippen LogP) is 2.11. The molecular weight excluding hydrogens is 338 g/mol. The predicted molar refractivity (Wildman–Crippen MR) is 94.8 cm³/mol. The third-order valence-electron chi connectivity index (χ3n) is 3.69. The number of pyridine rings is 1. The number of sulfonamides is 1. The molecular formula is C18H17N3O3S. The Morgan fingerprint density at radius 2 is 2.00 bits per heavy atom. The normalized spacial score (nSPS) is 14.1. The van der Waals surface area contributed by atoms with E-state index in [1.807, 2.05) is 30.9 Å². The minimum absolute atomic E-state index is 0.0364. The number of rotatable bonds is 2. The fourth-order valence-corrected chi connectivity index (χ4v) is 2.98. The van der Waals surface area contributed by atoms with Crippen molar-refractivity contribution in [3.05, 3.63) is 65.3 Å². The number of aromatic nitrogens is 1. The molecule has 0 fully saturated rings. The molecule has 0 radical (unpaired) electrons. The third-order valence-corrected chi connectivity index (χ3v) is 4.60. The lowest BCUT2D eigenvalue weighted by atomic mass is 10.2. The number of benzene rings is 1. The van der Waals surface area contributed by atoms with Crippen molar-refractivity contribution >= 4 is 15.7 Å². The molecule has 2 N–H and O–H groups in total. The van der Waals surface area contributed by atoms with Crippen LogP contribution in [0, 0.1) is 18.8 Å². The highest BCUT2D eigenvalue weighted by atomic mass is 32.2. The van der Waals surface area contributed by atoms with Crippen molar-refractivity contribution in [3.8, 4) is 11.8 Å². The Labute approximate surface area is 147 Å². The van der Waals surface area contributed by atoms with Gasteiger partial charge in [-0.15, -0.1) is 0 Å². The number of nitrogens with zero attached hydrogens (tertiary/aromatic N) is 2. The number of hydrogen-bond acceptors (Lipinski definition) is 5. The zero-order valence-electron chi connectivity index (χ0n) is 13.9. The minimum Gasteiger partial charge on any atom is -0.474 e.